The minimum absolute atomic E-state index is 0.119. The molecule has 0 spiro atoms. The van der Waals surface area contributed by atoms with Crippen molar-refractivity contribution in [3.8, 4) is 16.8 Å². The van der Waals surface area contributed by atoms with Crippen LogP contribution in [0.1, 0.15) is 35.8 Å². The van der Waals surface area contributed by atoms with E-state index in [0.29, 0.717) is 11.3 Å². The summed E-state index contributed by atoms with van der Waals surface area (Å²) in [4.78, 5) is 14.9. The van der Waals surface area contributed by atoms with Crippen molar-refractivity contribution in [2.24, 2.45) is 13.0 Å². The molecular formula is C22H23N5OS2. The van der Waals surface area contributed by atoms with E-state index in [4.69, 9.17) is 5.26 Å². The number of thiophene rings is 1. The summed E-state index contributed by atoms with van der Waals surface area (Å²) in [5.74, 6) is 1.77. The van der Waals surface area contributed by atoms with Crippen LogP contribution in [0.2, 0.25) is 0 Å². The third kappa shape index (κ3) is 4.42. The van der Waals surface area contributed by atoms with Crippen LogP contribution in [0, 0.1) is 17.2 Å². The fourth-order valence-corrected chi connectivity index (χ4v) is 5.61. The van der Waals surface area contributed by atoms with Gasteiger partial charge in [-0.15, -0.1) is 21.5 Å². The predicted molar refractivity (Wildman–Crippen MR) is 121 cm³/mol. The van der Waals surface area contributed by atoms with Crippen LogP contribution >= 0.6 is 23.1 Å². The molecule has 1 aromatic carbocycles. The van der Waals surface area contributed by atoms with Gasteiger partial charge in [0, 0.05) is 17.6 Å². The fourth-order valence-electron chi connectivity index (χ4n) is 3.67. The molecule has 3 aromatic rings. The SMILES string of the molecule is CCC1CCc2sc(-c3nnc(SCC(=O)Nc4ccc(C#N)cc4)n3C)cc2C1. The number of carbonyl (C=O) groups is 1. The molecule has 0 fully saturated rings. The summed E-state index contributed by atoms with van der Waals surface area (Å²) in [6.07, 6.45) is 4.84. The Morgan fingerprint density at radius 2 is 2.17 bits per heavy atom. The van der Waals surface area contributed by atoms with Gasteiger partial charge in [-0.2, -0.15) is 5.26 Å². The quantitative estimate of drug-likeness (QED) is 0.567. The number of hydrogen-bond acceptors (Lipinski definition) is 6. The molecule has 2 heterocycles. The van der Waals surface area contributed by atoms with Crippen molar-refractivity contribution in [2.75, 3.05) is 11.1 Å². The van der Waals surface area contributed by atoms with Crippen LogP contribution in [0.5, 0.6) is 0 Å². The molecule has 1 unspecified atom stereocenters. The lowest BCUT2D eigenvalue weighted by molar-refractivity contribution is -0.113. The van der Waals surface area contributed by atoms with Gasteiger partial charge in [0.15, 0.2) is 11.0 Å². The number of amides is 1. The second-order valence-electron chi connectivity index (χ2n) is 7.47. The lowest BCUT2D eigenvalue weighted by atomic mass is 9.87. The van der Waals surface area contributed by atoms with Gasteiger partial charge in [-0.05, 0) is 61.1 Å². The van der Waals surface area contributed by atoms with Crippen LogP contribution in [0.25, 0.3) is 10.7 Å². The van der Waals surface area contributed by atoms with E-state index in [1.165, 1.54) is 35.0 Å². The summed E-state index contributed by atoms with van der Waals surface area (Å²) >= 11 is 3.19. The van der Waals surface area contributed by atoms with Gasteiger partial charge in [-0.1, -0.05) is 25.1 Å². The highest BCUT2D eigenvalue weighted by molar-refractivity contribution is 7.99. The van der Waals surface area contributed by atoms with Gasteiger partial charge in [0.1, 0.15) is 0 Å². The summed E-state index contributed by atoms with van der Waals surface area (Å²) in [6, 6.07) is 11.2. The smallest absolute Gasteiger partial charge is 0.234 e. The molecule has 0 saturated heterocycles. The monoisotopic (exact) mass is 437 g/mol. The number of rotatable bonds is 6. The first kappa shape index (κ1) is 20.6. The second-order valence-corrected chi connectivity index (χ2v) is 9.55. The summed E-state index contributed by atoms with van der Waals surface area (Å²) in [5, 5.41) is 21.1. The molecule has 1 amide bonds. The van der Waals surface area contributed by atoms with Crippen molar-refractivity contribution in [3.05, 3.63) is 46.3 Å². The molecule has 0 saturated carbocycles. The van der Waals surface area contributed by atoms with E-state index in [1.807, 2.05) is 23.0 Å². The van der Waals surface area contributed by atoms with Crippen molar-refractivity contribution in [3.63, 3.8) is 0 Å². The summed E-state index contributed by atoms with van der Waals surface area (Å²) in [6.45, 7) is 2.27. The summed E-state index contributed by atoms with van der Waals surface area (Å²) in [5.41, 5.74) is 2.70. The van der Waals surface area contributed by atoms with Gasteiger partial charge >= 0.3 is 0 Å². The van der Waals surface area contributed by atoms with Gasteiger partial charge in [-0.25, -0.2) is 0 Å². The number of nitrogens with zero attached hydrogens (tertiary/aromatic N) is 4. The van der Waals surface area contributed by atoms with Crippen LogP contribution < -0.4 is 5.32 Å². The van der Waals surface area contributed by atoms with Crippen molar-refractivity contribution in [1.82, 2.24) is 14.8 Å². The summed E-state index contributed by atoms with van der Waals surface area (Å²) < 4.78 is 1.97. The maximum Gasteiger partial charge on any atom is 0.234 e. The van der Waals surface area contributed by atoms with Crippen LogP contribution in [-0.4, -0.2) is 26.4 Å². The summed E-state index contributed by atoms with van der Waals surface area (Å²) in [7, 11) is 1.95. The molecule has 154 valence electrons. The molecule has 0 aliphatic heterocycles. The average Bonchev–Trinajstić information content (AvgIpc) is 3.35. The van der Waals surface area contributed by atoms with Gasteiger partial charge < -0.3 is 9.88 Å². The van der Waals surface area contributed by atoms with Crippen LogP contribution in [0.3, 0.4) is 0 Å². The number of hydrogen-bond donors (Lipinski definition) is 1. The zero-order valence-electron chi connectivity index (χ0n) is 17.0. The average molecular weight is 438 g/mol. The highest BCUT2D eigenvalue weighted by Gasteiger charge is 2.22. The van der Waals surface area contributed by atoms with Crippen molar-refractivity contribution < 1.29 is 4.79 Å². The van der Waals surface area contributed by atoms with E-state index in [-0.39, 0.29) is 11.7 Å². The Bertz CT molecular complexity index is 1090. The van der Waals surface area contributed by atoms with Crippen molar-refractivity contribution in [2.45, 2.75) is 37.8 Å². The number of fused-ring (bicyclic) bond motifs is 1. The van der Waals surface area contributed by atoms with Crippen LogP contribution in [0.4, 0.5) is 5.69 Å². The molecule has 0 bridgehead atoms. The van der Waals surface area contributed by atoms with E-state index in [2.05, 4.69) is 34.6 Å². The van der Waals surface area contributed by atoms with Crippen LogP contribution in [0.15, 0.2) is 35.5 Å². The molecule has 1 aliphatic carbocycles. The zero-order valence-corrected chi connectivity index (χ0v) is 18.6. The number of carbonyl (C=O) groups excluding carboxylic acids is 1. The third-order valence-electron chi connectivity index (χ3n) is 5.45. The highest BCUT2D eigenvalue weighted by Crippen LogP contribution is 2.38. The minimum Gasteiger partial charge on any atom is -0.325 e. The van der Waals surface area contributed by atoms with Gasteiger partial charge in [0.25, 0.3) is 0 Å². The Hall–Kier alpha value is -2.63. The first-order valence-corrected chi connectivity index (χ1v) is 11.8. The predicted octanol–water partition coefficient (Wildman–Crippen LogP) is 4.66. The molecule has 8 heteroatoms. The number of benzene rings is 1. The number of thioether (sulfide) groups is 1. The van der Waals surface area contributed by atoms with Crippen LogP contribution in [-0.2, 0) is 24.7 Å². The van der Waals surface area contributed by atoms with Gasteiger partial charge in [0.2, 0.25) is 5.91 Å². The lowest BCUT2D eigenvalue weighted by Gasteiger charge is -2.19. The minimum atomic E-state index is -0.119. The maximum atomic E-state index is 12.3. The molecular weight excluding hydrogens is 414 g/mol. The Labute approximate surface area is 184 Å². The Morgan fingerprint density at radius 3 is 2.90 bits per heavy atom. The largest absolute Gasteiger partial charge is 0.325 e. The lowest BCUT2D eigenvalue weighted by Crippen LogP contribution is -2.14. The molecule has 30 heavy (non-hydrogen) atoms. The van der Waals surface area contributed by atoms with E-state index >= 15 is 0 Å². The molecule has 6 nitrogen and oxygen atoms in total. The van der Waals surface area contributed by atoms with E-state index in [9.17, 15) is 4.79 Å². The van der Waals surface area contributed by atoms with E-state index < -0.39 is 0 Å². The van der Waals surface area contributed by atoms with Crippen molar-refractivity contribution in [1.29, 1.82) is 5.26 Å². The third-order valence-corrected chi connectivity index (χ3v) is 7.70. The highest BCUT2D eigenvalue weighted by atomic mass is 32.2. The Kier molecular flexibility index (Phi) is 6.21. The first-order valence-electron chi connectivity index (χ1n) is 10.0. The molecule has 4 rings (SSSR count). The molecule has 1 aliphatic rings. The molecule has 2 aromatic heterocycles. The van der Waals surface area contributed by atoms with Gasteiger partial charge in [-0.3, -0.25) is 4.79 Å². The number of nitrogens with one attached hydrogen (secondary N) is 1. The molecule has 0 radical (unpaired) electrons. The molecule has 1 N–H and O–H groups in total. The zero-order chi connectivity index (χ0) is 21.1. The fraction of sp³-hybridized carbons (Fsp3) is 0.364. The van der Waals surface area contributed by atoms with E-state index in [0.717, 1.165) is 34.6 Å². The standard InChI is InChI=1S/C22H23N5OS2/c1-3-14-6-9-18-16(10-14)11-19(30-18)21-25-26-22(27(21)2)29-13-20(28)24-17-7-4-15(12-23)5-8-17/h4-5,7-8,11,14H,3,6,9-10,13H2,1-2H3,(H,24,28). The number of anilines is 1. The van der Waals surface area contributed by atoms with Crippen molar-refractivity contribution >= 4 is 34.7 Å². The first-order chi connectivity index (χ1) is 14.6. The van der Waals surface area contributed by atoms with Gasteiger partial charge in [0.05, 0.1) is 22.3 Å². The number of aromatic nitrogens is 3. The van der Waals surface area contributed by atoms with E-state index in [1.54, 1.807) is 24.3 Å². The second kappa shape index (κ2) is 9.02. The number of aryl methyl sites for hydroxylation is 1. The maximum absolute atomic E-state index is 12.3. The molecule has 1 atom stereocenters. The Morgan fingerprint density at radius 1 is 1.37 bits per heavy atom. The number of nitriles is 1. The normalized spacial score (nSPS) is 15.4. The topological polar surface area (TPSA) is 83.6 Å². The Balaban J connectivity index is 1.39.